The smallest absolute Gasteiger partial charge is 0.337 e. The first-order valence-electron chi connectivity index (χ1n) is 6.40. The maximum absolute atomic E-state index is 12.0. The van der Waals surface area contributed by atoms with Crippen LogP contribution in [0.2, 0.25) is 0 Å². The highest BCUT2D eigenvalue weighted by atomic mass is 32.2. The first-order valence-corrected chi connectivity index (χ1v) is 7.84. The summed E-state index contributed by atoms with van der Waals surface area (Å²) in [6, 6.07) is 6.46. The lowest BCUT2D eigenvalue weighted by Gasteiger charge is -2.13. The number of sulfonamides is 1. The third kappa shape index (κ3) is 2.58. The van der Waals surface area contributed by atoms with Gasteiger partial charge in [-0.15, -0.1) is 4.40 Å². The van der Waals surface area contributed by atoms with Crippen LogP contribution in [0.1, 0.15) is 10.4 Å². The van der Waals surface area contributed by atoms with Crippen molar-refractivity contribution < 1.29 is 17.9 Å². The van der Waals surface area contributed by atoms with Crippen LogP contribution in [0.15, 0.2) is 63.4 Å². The fourth-order valence-corrected chi connectivity index (χ4v) is 3.27. The highest BCUT2D eigenvalue weighted by Crippen LogP contribution is 2.29. The summed E-state index contributed by atoms with van der Waals surface area (Å²) in [5.41, 5.74) is 1.63. The molecule has 22 heavy (non-hydrogen) atoms. The number of nitrogens with one attached hydrogen (secondary N) is 1. The third-order valence-electron chi connectivity index (χ3n) is 3.17. The van der Waals surface area contributed by atoms with Gasteiger partial charge in [-0.2, -0.15) is 8.42 Å². The van der Waals surface area contributed by atoms with Crippen LogP contribution in [0.5, 0.6) is 0 Å². The van der Waals surface area contributed by atoms with E-state index in [0.29, 0.717) is 16.8 Å². The van der Waals surface area contributed by atoms with E-state index in [2.05, 4.69) is 14.5 Å². The van der Waals surface area contributed by atoms with Gasteiger partial charge in [0.2, 0.25) is 0 Å². The molecule has 0 atom stereocenters. The number of hydrogen-bond acceptors (Lipinski definition) is 5. The number of hydrogen-bond donors (Lipinski definition) is 1. The lowest BCUT2D eigenvalue weighted by atomic mass is 10.2. The van der Waals surface area contributed by atoms with Crippen LogP contribution in [-0.2, 0) is 14.8 Å². The second kappa shape index (κ2) is 5.27. The van der Waals surface area contributed by atoms with Crippen molar-refractivity contribution in [3.63, 3.8) is 0 Å². The quantitative estimate of drug-likeness (QED) is 0.844. The summed E-state index contributed by atoms with van der Waals surface area (Å²) < 4.78 is 32.4. The highest BCUT2D eigenvalue weighted by Gasteiger charge is 2.26. The maximum Gasteiger partial charge on any atom is 0.337 e. The van der Waals surface area contributed by atoms with Crippen molar-refractivity contribution in [1.29, 1.82) is 0 Å². The van der Waals surface area contributed by atoms with Crippen molar-refractivity contribution in [2.75, 3.05) is 12.4 Å². The monoisotopic (exact) mass is 316 g/mol. The van der Waals surface area contributed by atoms with Crippen molar-refractivity contribution in [2.24, 2.45) is 4.40 Å². The van der Waals surface area contributed by atoms with Crippen molar-refractivity contribution in [3.05, 3.63) is 64.6 Å². The third-order valence-corrected chi connectivity index (χ3v) is 4.54. The van der Waals surface area contributed by atoms with Gasteiger partial charge in [-0.25, -0.2) is 4.79 Å². The van der Waals surface area contributed by atoms with Crippen molar-refractivity contribution >= 4 is 27.5 Å². The molecular weight excluding hydrogens is 304 g/mol. The van der Waals surface area contributed by atoms with E-state index in [1.165, 1.54) is 13.2 Å². The zero-order valence-electron chi connectivity index (χ0n) is 11.6. The molecule has 1 heterocycles. The van der Waals surface area contributed by atoms with Gasteiger partial charge in [0, 0.05) is 5.69 Å². The van der Waals surface area contributed by atoms with Crippen molar-refractivity contribution in [2.45, 2.75) is 0 Å². The average Bonchev–Trinajstić information content (AvgIpc) is 2.96. The molecule has 1 N–H and O–H groups in total. The molecule has 0 spiro atoms. The van der Waals surface area contributed by atoms with Crippen LogP contribution in [-0.4, -0.2) is 27.3 Å². The predicted molar refractivity (Wildman–Crippen MR) is 83.1 cm³/mol. The standard InChI is InChI=1S/C15H12N2O4S/c1-21-15(18)10-5-7-12(8-6-10)16-14-9-11-3-2-4-13(11)22(19,20)17-14/h2-9H,1H3,(H,16,17). The van der Waals surface area contributed by atoms with Gasteiger partial charge in [0.1, 0.15) is 5.84 Å². The summed E-state index contributed by atoms with van der Waals surface area (Å²) in [5, 5.41) is 2.91. The van der Waals surface area contributed by atoms with E-state index in [0.717, 1.165) is 0 Å². The zero-order chi connectivity index (χ0) is 15.7. The van der Waals surface area contributed by atoms with Gasteiger partial charge >= 0.3 is 5.97 Å². The second-order valence-corrected chi connectivity index (χ2v) is 6.21. The summed E-state index contributed by atoms with van der Waals surface area (Å²) in [7, 11) is -2.37. The van der Waals surface area contributed by atoms with Gasteiger partial charge in [-0.1, -0.05) is 12.2 Å². The fourth-order valence-electron chi connectivity index (χ4n) is 2.14. The molecule has 0 fully saturated rings. The Hall–Kier alpha value is -2.67. The Labute approximate surface area is 127 Å². The SMILES string of the molecule is COC(=O)c1ccc(NC2=NS(=O)(=O)C3=CC=CC3=C2)cc1. The van der Waals surface area contributed by atoms with Crippen molar-refractivity contribution in [3.8, 4) is 0 Å². The molecule has 1 aromatic rings. The number of carbonyl (C=O) groups is 1. The molecule has 0 saturated heterocycles. The van der Waals surface area contributed by atoms with Gasteiger partial charge in [0.25, 0.3) is 10.0 Å². The van der Waals surface area contributed by atoms with E-state index in [1.807, 2.05) is 0 Å². The second-order valence-electron chi connectivity index (χ2n) is 4.64. The van der Waals surface area contributed by atoms with E-state index in [4.69, 9.17) is 0 Å². The molecule has 0 aromatic heterocycles. The minimum atomic E-state index is -3.67. The number of allylic oxidation sites excluding steroid dienone is 4. The van der Waals surface area contributed by atoms with Gasteiger partial charge in [0.15, 0.2) is 0 Å². The average molecular weight is 316 g/mol. The summed E-state index contributed by atoms with van der Waals surface area (Å²) >= 11 is 0. The number of methoxy groups -OCH3 is 1. The van der Waals surface area contributed by atoms with Crippen LogP contribution >= 0.6 is 0 Å². The molecule has 0 bridgehead atoms. The Balaban J connectivity index is 1.85. The summed E-state index contributed by atoms with van der Waals surface area (Å²) in [4.78, 5) is 11.6. The molecule has 0 saturated carbocycles. The molecule has 2 aliphatic rings. The molecule has 1 aromatic carbocycles. The van der Waals surface area contributed by atoms with Gasteiger partial charge < -0.3 is 10.1 Å². The largest absolute Gasteiger partial charge is 0.465 e. The number of carbonyl (C=O) groups excluding carboxylic acids is 1. The van der Waals surface area contributed by atoms with Crippen LogP contribution in [0.25, 0.3) is 0 Å². The number of nitrogens with zero attached hydrogens (tertiary/aromatic N) is 1. The highest BCUT2D eigenvalue weighted by molar-refractivity contribution is 7.94. The zero-order valence-corrected chi connectivity index (χ0v) is 12.4. The first-order chi connectivity index (χ1) is 10.5. The van der Waals surface area contributed by atoms with Crippen LogP contribution < -0.4 is 5.32 Å². The molecular formula is C15H12N2O4S. The Kier molecular flexibility index (Phi) is 3.42. The topological polar surface area (TPSA) is 84.8 Å². The number of fused-ring (bicyclic) bond motifs is 1. The molecule has 6 nitrogen and oxygen atoms in total. The lowest BCUT2D eigenvalue weighted by Crippen LogP contribution is -2.18. The number of anilines is 1. The van der Waals surface area contributed by atoms with Gasteiger partial charge in [-0.05, 0) is 42.0 Å². The van der Waals surface area contributed by atoms with E-state index in [1.54, 1.807) is 42.5 Å². The molecule has 0 amide bonds. The molecule has 7 heteroatoms. The summed E-state index contributed by atoms with van der Waals surface area (Å²) in [5.74, 6) is -0.207. The fraction of sp³-hybridized carbons (Fsp3) is 0.0667. The molecule has 1 aliphatic carbocycles. The molecule has 0 unspecified atom stereocenters. The van der Waals surface area contributed by atoms with Crippen LogP contribution in [0.3, 0.4) is 0 Å². The van der Waals surface area contributed by atoms with Gasteiger partial charge in [0.05, 0.1) is 17.6 Å². The Morgan fingerprint density at radius 2 is 1.95 bits per heavy atom. The first kappa shape index (κ1) is 14.3. The number of amidine groups is 1. The minimum absolute atomic E-state index is 0.207. The van der Waals surface area contributed by atoms with Gasteiger partial charge in [-0.3, -0.25) is 0 Å². The van der Waals surface area contributed by atoms with E-state index < -0.39 is 16.0 Å². The Morgan fingerprint density at radius 3 is 2.64 bits per heavy atom. The number of rotatable bonds is 2. The number of ether oxygens (including phenoxy) is 1. The van der Waals surface area contributed by atoms with Crippen LogP contribution in [0, 0.1) is 0 Å². The van der Waals surface area contributed by atoms with E-state index in [-0.39, 0.29) is 10.7 Å². The van der Waals surface area contributed by atoms with Crippen LogP contribution in [0.4, 0.5) is 5.69 Å². The summed E-state index contributed by atoms with van der Waals surface area (Å²) in [6.45, 7) is 0. The van der Waals surface area contributed by atoms with E-state index in [9.17, 15) is 13.2 Å². The molecule has 112 valence electrons. The Bertz CT molecular complexity index is 859. The van der Waals surface area contributed by atoms with E-state index >= 15 is 0 Å². The Morgan fingerprint density at radius 1 is 1.23 bits per heavy atom. The maximum atomic E-state index is 12.0. The lowest BCUT2D eigenvalue weighted by molar-refractivity contribution is 0.0601. The molecule has 0 radical (unpaired) electrons. The minimum Gasteiger partial charge on any atom is -0.465 e. The predicted octanol–water partition coefficient (Wildman–Crippen LogP) is 2.01. The normalized spacial score (nSPS) is 18.0. The van der Waals surface area contributed by atoms with Crippen molar-refractivity contribution in [1.82, 2.24) is 0 Å². The number of esters is 1. The molecule has 1 aliphatic heterocycles. The molecule has 3 rings (SSSR count). The number of benzene rings is 1. The summed E-state index contributed by atoms with van der Waals surface area (Å²) in [6.07, 6.45) is 6.56.